The van der Waals surface area contributed by atoms with Crippen LogP contribution >= 0.6 is 0 Å². The molecular weight excluding hydrogens is 160 g/mol. The second-order valence-corrected chi connectivity index (χ2v) is 1.40. The maximum absolute atomic E-state index is 10.0. The Bertz CT molecular complexity index is 195. The Morgan fingerprint density at radius 3 is 1.91 bits per heavy atom. The number of hydrogen-bond acceptors (Lipinski definition) is 5. The minimum absolute atomic E-state index is 1.82. The Hall–Kier alpha value is -1.63. The zero-order chi connectivity index (χ0) is 9.02. The van der Waals surface area contributed by atoms with Gasteiger partial charge in [0.15, 0.2) is 0 Å². The fourth-order valence-electron chi connectivity index (χ4n) is 0.202. The van der Waals surface area contributed by atoms with Crippen molar-refractivity contribution < 1.29 is 34.4 Å². The number of carbonyl (C=O) groups is 3. The Morgan fingerprint density at radius 1 is 1.18 bits per heavy atom. The van der Waals surface area contributed by atoms with Crippen LogP contribution in [0.15, 0.2) is 0 Å². The smallest absolute Gasteiger partial charge is 0.420 e. The zero-order valence-electron chi connectivity index (χ0n) is 5.05. The summed E-state index contributed by atoms with van der Waals surface area (Å²) in [5.41, 5.74) is 0. The van der Waals surface area contributed by atoms with Crippen LogP contribution in [0.25, 0.3) is 0 Å². The largest absolute Gasteiger partial charge is 0.477 e. The second-order valence-electron chi connectivity index (χ2n) is 1.40. The molecular formula is C4H4O7. The first-order valence-electron chi connectivity index (χ1n) is 2.30. The van der Waals surface area contributed by atoms with Crippen molar-refractivity contribution in [1.82, 2.24) is 0 Å². The molecule has 0 bridgehead atoms. The average molecular weight is 164 g/mol. The maximum atomic E-state index is 10.0. The summed E-state index contributed by atoms with van der Waals surface area (Å²) in [4.78, 5) is 29.4. The van der Waals surface area contributed by atoms with Crippen molar-refractivity contribution in [2.24, 2.45) is 0 Å². The van der Waals surface area contributed by atoms with Gasteiger partial charge in [0.2, 0.25) is 0 Å². The van der Waals surface area contributed by atoms with E-state index in [2.05, 4.69) is 4.74 Å². The monoisotopic (exact) mass is 164 g/mol. The number of hydrogen-bond donors (Lipinski definition) is 3. The number of carboxylic acids is 2. The third kappa shape index (κ3) is 3.16. The standard InChI is InChI=1S/C4H4O7/c5-1(6)3(9)11-4(10)2(7)8/h3,9H,(H,5,6)(H,7,8). The first-order chi connectivity index (χ1) is 4.95. The van der Waals surface area contributed by atoms with Crippen LogP contribution < -0.4 is 0 Å². The van der Waals surface area contributed by atoms with Crippen LogP contribution in [-0.4, -0.2) is 39.5 Å². The van der Waals surface area contributed by atoms with Crippen molar-refractivity contribution >= 4 is 17.9 Å². The van der Waals surface area contributed by atoms with Gasteiger partial charge in [-0.05, 0) is 0 Å². The number of ether oxygens (including phenoxy) is 1. The van der Waals surface area contributed by atoms with Crippen LogP contribution in [0.4, 0.5) is 0 Å². The van der Waals surface area contributed by atoms with Crippen LogP contribution in [0.5, 0.6) is 0 Å². The highest BCUT2D eigenvalue weighted by Crippen LogP contribution is 1.87. The summed E-state index contributed by atoms with van der Waals surface area (Å²) in [7, 11) is 0. The number of carbonyl (C=O) groups excluding carboxylic acids is 1. The van der Waals surface area contributed by atoms with E-state index in [-0.39, 0.29) is 0 Å². The molecule has 11 heavy (non-hydrogen) atoms. The van der Waals surface area contributed by atoms with E-state index in [1.165, 1.54) is 0 Å². The van der Waals surface area contributed by atoms with Crippen molar-refractivity contribution in [3.8, 4) is 0 Å². The molecule has 0 saturated heterocycles. The molecule has 0 aliphatic carbocycles. The number of carboxylic acid groups (broad SMARTS) is 2. The number of rotatable bonds is 2. The highest BCUT2D eigenvalue weighted by molar-refractivity contribution is 6.28. The molecule has 0 amide bonds. The summed E-state index contributed by atoms with van der Waals surface area (Å²) >= 11 is 0. The van der Waals surface area contributed by atoms with E-state index in [4.69, 9.17) is 15.3 Å². The Morgan fingerprint density at radius 2 is 1.64 bits per heavy atom. The third-order valence-electron chi connectivity index (χ3n) is 0.605. The fourth-order valence-corrected chi connectivity index (χ4v) is 0.202. The molecule has 62 valence electrons. The lowest BCUT2D eigenvalue weighted by Crippen LogP contribution is -2.29. The normalized spacial score (nSPS) is 11.7. The summed E-state index contributed by atoms with van der Waals surface area (Å²) in [6.07, 6.45) is -2.43. The van der Waals surface area contributed by atoms with Crippen molar-refractivity contribution in [1.29, 1.82) is 0 Å². The molecule has 0 rings (SSSR count). The molecule has 0 heterocycles. The molecule has 0 aromatic rings. The van der Waals surface area contributed by atoms with E-state index in [0.717, 1.165) is 0 Å². The van der Waals surface area contributed by atoms with Crippen LogP contribution in [0, 0.1) is 0 Å². The van der Waals surface area contributed by atoms with E-state index < -0.39 is 24.2 Å². The van der Waals surface area contributed by atoms with E-state index >= 15 is 0 Å². The molecule has 0 saturated carbocycles. The minimum atomic E-state index is -2.43. The van der Waals surface area contributed by atoms with Gasteiger partial charge >= 0.3 is 17.9 Å². The lowest BCUT2D eigenvalue weighted by atomic mass is 10.6. The maximum Gasteiger partial charge on any atom is 0.420 e. The lowest BCUT2D eigenvalue weighted by Gasteiger charge is -2.03. The predicted octanol–water partition coefficient (Wildman–Crippen LogP) is -1.98. The highest BCUT2D eigenvalue weighted by atomic mass is 16.7. The number of aliphatic hydroxyl groups excluding tert-OH is 1. The third-order valence-corrected chi connectivity index (χ3v) is 0.605. The average Bonchev–Trinajstić information content (AvgIpc) is 1.87. The molecule has 0 aromatic heterocycles. The molecule has 0 spiro atoms. The van der Waals surface area contributed by atoms with Gasteiger partial charge in [-0.15, -0.1) is 0 Å². The molecule has 0 fully saturated rings. The summed E-state index contributed by atoms with van der Waals surface area (Å²) in [6.45, 7) is 0. The first kappa shape index (κ1) is 9.37. The van der Waals surface area contributed by atoms with Gasteiger partial charge in [-0.2, -0.15) is 0 Å². The number of esters is 1. The summed E-state index contributed by atoms with van der Waals surface area (Å²) in [6, 6.07) is 0. The molecule has 0 radical (unpaired) electrons. The van der Waals surface area contributed by atoms with Gasteiger partial charge in [0, 0.05) is 0 Å². The topological polar surface area (TPSA) is 121 Å². The van der Waals surface area contributed by atoms with E-state index in [1.54, 1.807) is 0 Å². The summed E-state index contributed by atoms with van der Waals surface area (Å²) in [5.74, 6) is -5.62. The van der Waals surface area contributed by atoms with E-state index in [0.29, 0.717) is 0 Å². The van der Waals surface area contributed by atoms with Gasteiger partial charge in [0.05, 0.1) is 0 Å². The number of aliphatic hydroxyl groups is 1. The Kier molecular flexibility index (Phi) is 3.00. The molecule has 7 heteroatoms. The molecule has 0 aliphatic rings. The quantitative estimate of drug-likeness (QED) is 0.245. The molecule has 0 aromatic carbocycles. The van der Waals surface area contributed by atoms with Crippen molar-refractivity contribution in [2.75, 3.05) is 0 Å². The predicted molar refractivity (Wildman–Crippen MR) is 27.4 cm³/mol. The molecule has 3 N–H and O–H groups in total. The van der Waals surface area contributed by atoms with Gasteiger partial charge in [-0.1, -0.05) is 0 Å². The zero-order valence-corrected chi connectivity index (χ0v) is 5.05. The fraction of sp³-hybridized carbons (Fsp3) is 0.250. The summed E-state index contributed by atoms with van der Waals surface area (Å²) < 4.78 is 3.49. The highest BCUT2D eigenvalue weighted by Gasteiger charge is 2.22. The van der Waals surface area contributed by atoms with Crippen LogP contribution in [0.3, 0.4) is 0 Å². The first-order valence-corrected chi connectivity index (χ1v) is 2.30. The van der Waals surface area contributed by atoms with Crippen LogP contribution in [0.1, 0.15) is 0 Å². The van der Waals surface area contributed by atoms with Gasteiger partial charge < -0.3 is 20.1 Å². The second kappa shape index (κ2) is 3.52. The Labute approximate surface area is 59.8 Å². The van der Waals surface area contributed by atoms with Gasteiger partial charge in [-0.25, -0.2) is 14.4 Å². The molecule has 0 aliphatic heterocycles. The molecule has 1 unspecified atom stereocenters. The van der Waals surface area contributed by atoms with Crippen molar-refractivity contribution in [2.45, 2.75) is 6.29 Å². The van der Waals surface area contributed by atoms with Gasteiger partial charge in [0.1, 0.15) is 0 Å². The van der Waals surface area contributed by atoms with E-state index in [1.807, 2.05) is 0 Å². The minimum Gasteiger partial charge on any atom is -0.477 e. The van der Waals surface area contributed by atoms with Crippen molar-refractivity contribution in [3.63, 3.8) is 0 Å². The van der Waals surface area contributed by atoms with Crippen LogP contribution in [0.2, 0.25) is 0 Å². The van der Waals surface area contributed by atoms with Crippen molar-refractivity contribution in [3.05, 3.63) is 0 Å². The van der Waals surface area contributed by atoms with Gasteiger partial charge in [-0.3, -0.25) is 0 Å². The van der Waals surface area contributed by atoms with Gasteiger partial charge in [0.25, 0.3) is 6.29 Å². The lowest BCUT2D eigenvalue weighted by molar-refractivity contribution is -0.191. The van der Waals surface area contributed by atoms with E-state index in [9.17, 15) is 14.4 Å². The Balaban J connectivity index is 3.95. The molecule has 7 nitrogen and oxygen atoms in total. The SMILES string of the molecule is O=C(O)C(=O)OC(O)C(=O)O. The number of aliphatic carboxylic acids is 2. The summed E-state index contributed by atoms with van der Waals surface area (Å²) in [5, 5.41) is 24.0. The van der Waals surface area contributed by atoms with Crippen LogP contribution in [-0.2, 0) is 19.1 Å². The molecule has 1 atom stereocenters.